The van der Waals surface area contributed by atoms with E-state index in [1.54, 1.807) is 15.3 Å². The predicted octanol–water partition coefficient (Wildman–Crippen LogP) is 1.77. The molecular formula is C16H21ClN6O2S. The lowest BCUT2D eigenvalue weighted by atomic mass is 9.61. The van der Waals surface area contributed by atoms with Crippen LogP contribution in [0.25, 0.3) is 5.52 Å². The first kappa shape index (κ1) is 16.9. The first-order valence-electron chi connectivity index (χ1n) is 8.86. The van der Waals surface area contributed by atoms with Gasteiger partial charge in [-0.15, -0.1) is 4.41 Å². The maximum absolute atomic E-state index is 11.6. The first-order chi connectivity index (χ1) is 12.5. The van der Waals surface area contributed by atoms with Crippen LogP contribution in [0.2, 0.25) is 5.15 Å². The molecule has 2 aromatic rings. The van der Waals surface area contributed by atoms with E-state index < -0.39 is 11.3 Å². The van der Waals surface area contributed by atoms with Gasteiger partial charge < -0.3 is 4.90 Å². The number of aryl methyl sites for hydroxylation is 1. The highest BCUT2D eigenvalue weighted by atomic mass is 35.5. The second-order valence-corrected chi connectivity index (χ2v) is 9.11. The van der Waals surface area contributed by atoms with Crippen LogP contribution in [0, 0.1) is 12.3 Å². The molecule has 8 nitrogen and oxygen atoms in total. The lowest BCUT2D eigenvalue weighted by Crippen LogP contribution is -2.68. The standard InChI is InChI=1S/C16H21ClN6O2S/c1-10-4-13(17)22-14(10)15(18-9-19-22)21-7-16(8-21)5-12(6-16)23(26(24)25)20-11-2-3-11/h4,9,11-12,20H,2-3,5-8H2,1H3,(H,24,25). The normalized spacial score (nSPS) is 23.5. The number of hydrogen-bond acceptors (Lipinski definition) is 5. The Kier molecular flexibility index (Phi) is 3.81. The van der Waals surface area contributed by atoms with Crippen LogP contribution in [0.1, 0.15) is 31.2 Å². The van der Waals surface area contributed by atoms with Crippen LogP contribution in [-0.2, 0) is 11.3 Å². The number of aromatic nitrogens is 3. The summed E-state index contributed by atoms with van der Waals surface area (Å²) < 4.78 is 24.5. The molecule has 2 aliphatic carbocycles. The molecule has 1 atom stereocenters. The van der Waals surface area contributed by atoms with Crippen molar-refractivity contribution in [1.29, 1.82) is 0 Å². The van der Waals surface area contributed by atoms with E-state index in [1.807, 2.05) is 13.0 Å². The number of halogens is 1. The molecule has 2 saturated carbocycles. The second kappa shape index (κ2) is 5.87. The quantitative estimate of drug-likeness (QED) is 0.591. The number of nitrogens with zero attached hydrogens (tertiary/aromatic N) is 5. The first-order valence-corrected chi connectivity index (χ1v) is 10.3. The van der Waals surface area contributed by atoms with Crippen LogP contribution in [0.15, 0.2) is 12.4 Å². The van der Waals surface area contributed by atoms with Gasteiger partial charge in [0.25, 0.3) is 0 Å². The summed E-state index contributed by atoms with van der Waals surface area (Å²) in [7, 11) is 0. The van der Waals surface area contributed by atoms with E-state index in [1.165, 1.54) is 0 Å². The third-order valence-corrected chi connectivity index (χ3v) is 6.77. The molecule has 5 rings (SSSR count). The van der Waals surface area contributed by atoms with Crippen LogP contribution in [0.5, 0.6) is 0 Å². The molecule has 3 fully saturated rings. The Hall–Kier alpha value is -1.26. The summed E-state index contributed by atoms with van der Waals surface area (Å²) >= 11 is 4.26. The van der Waals surface area contributed by atoms with Crippen LogP contribution >= 0.6 is 11.6 Å². The minimum atomic E-state index is -1.97. The summed E-state index contributed by atoms with van der Waals surface area (Å²) in [6.07, 6.45) is 5.57. The number of rotatable bonds is 5. The maximum atomic E-state index is 11.6. The van der Waals surface area contributed by atoms with Crippen molar-refractivity contribution >= 4 is 34.2 Å². The van der Waals surface area contributed by atoms with Crippen molar-refractivity contribution in [1.82, 2.24) is 24.4 Å². The van der Waals surface area contributed by atoms with Gasteiger partial charge in [0.05, 0.1) is 0 Å². The Labute approximate surface area is 158 Å². The fraction of sp³-hybridized carbons (Fsp3) is 0.625. The Bertz CT molecular complexity index is 886. The summed E-state index contributed by atoms with van der Waals surface area (Å²) in [5.74, 6) is 0.914. The number of anilines is 1. The molecule has 140 valence electrons. The van der Waals surface area contributed by atoms with E-state index in [0.717, 1.165) is 55.7 Å². The lowest BCUT2D eigenvalue weighted by Gasteiger charge is -2.60. The molecule has 1 unspecified atom stereocenters. The van der Waals surface area contributed by atoms with E-state index in [-0.39, 0.29) is 11.5 Å². The van der Waals surface area contributed by atoms with Gasteiger partial charge in [-0.2, -0.15) is 5.10 Å². The third-order valence-electron chi connectivity index (χ3n) is 5.76. The zero-order valence-electron chi connectivity index (χ0n) is 14.4. The van der Waals surface area contributed by atoms with E-state index in [2.05, 4.69) is 20.4 Å². The molecule has 0 bridgehead atoms. The van der Waals surface area contributed by atoms with E-state index >= 15 is 0 Å². The molecule has 0 aromatic carbocycles. The zero-order valence-corrected chi connectivity index (χ0v) is 16.0. The number of hydrazine groups is 1. The molecule has 1 saturated heterocycles. The van der Waals surface area contributed by atoms with Crippen LogP contribution in [-0.4, -0.2) is 52.9 Å². The second-order valence-electron chi connectivity index (χ2n) is 7.87. The summed E-state index contributed by atoms with van der Waals surface area (Å²) in [6, 6.07) is 2.40. The molecule has 2 N–H and O–H groups in total. The molecule has 0 amide bonds. The third kappa shape index (κ3) is 2.65. The van der Waals surface area contributed by atoms with E-state index in [0.29, 0.717) is 11.2 Å². The summed E-state index contributed by atoms with van der Waals surface area (Å²) in [5, 5.41) is 4.82. The minimum Gasteiger partial charge on any atom is -0.354 e. The zero-order chi connectivity index (χ0) is 18.1. The summed E-state index contributed by atoms with van der Waals surface area (Å²) in [6.45, 7) is 3.84. The van der Waals surface area contributed by atoms with Crippen molar-refractivity contribution in [3.05, 3.63) is 23.1 Å². The van der Waals surface area contributed by atoms with Gasteiger partial charge in [0, 0.05) is 30.6 Å². The van der Waals surface area contributed by atoms with Gasteiger partial charge in [-0.05, 0) is 44.2 Å². The van der Waals surface area contributed by atoms with Crippen molar-refractivity contribution in [2.75, 3.05) is 18.0 Å². The molecule has 10 heteroatoms. The van der Waals surface area contributed by atoms with Gasteiger partial charge in [0.15, 0.2) is 5.82 Å². The molecule has 26 heavy (non-hydrogen) atoms. The minimum absolute atomic E-state index is 0.124. The maximum Gasteiger partial charge on any atom is 0.249 e. The van der Waals surface area contributed by atoms with Crippen LogP contribution in [0.3, 0.4) is 0 Å². The van der Waals surface area contributed by atoms with Gasteiger partial charge in [-0.3, -0.25) is 4.55 Å². The average molecular weight is 397 g/mol. The highest BCUT2D eigenvalue weighted by molar-refractivity contribution is 7.76. The summed E-state index contributed by atoms with van der Waals surface area (Å²) in [5.41, 5.74) is 5.43. The fourth-order valence-electron chi connectivity index (χ4n) is 4.34. The largest absolute Gasteiger partial charge is 0.354 e. The highest BCUT2D eigenvalue weighted by Gasteiger charge is 2.55. The van der Waals surface area contributed by atoms with Crippen LogP contribution in [0.4, 0.5) is 5.82 Å². The number of nitrogens with one attached hydrogen (secondary N) is 1. The fourth-order valence-corrected chi connectivity index (χ4v) is 5.27. The molecular weight excluding hydrogens is 376 g/mol. The smallest absolute Gasteiger partial charge is 0.249 e. The van der Waals surface area contributed by atoms with Crippen molar-refractivity contribution in [2.45, 2.75) is 44.7 Å². The molecule has 3 heterocycles. The van der Waals surface area contributed by atoms with Gasteiger partial charge in [0.2, 0.25) is 11.3 Å². The Morgan fingerprint density at radius 1 is 1.42 bits per heavy atom. The van der Waals surface area contributed by atoms with Crippen molar-refractivity contribution in [3.8, 4) is 0 Å². The van der Waals surface area contributed by atoms with Gasteiger partial charge in [-0.25, -0.2) is 19.1 Å². The molecule has 3 aliphatic rings. The Balaban J connectivity index is 1.28. The van der Waals surface area contributed by atoms with Gasteiger partial charge >= 0.3 is 0 Å². The lowest BCUT2D eigenvalue weighted by molar-refractivity contribution is -0.00378. The van der Waals surface area contributed by atoms with Crippen LogP contribution < -0.4 is 10.3 Å². The highest BCUT2D eigenvalue weighted by Crippen LogP contribution is 2.51. The molecule has 1 aliphatic heterocycles. The predicted molar refractivity (Wildman–Crippen MR) is 99.2 cm³/mol. The monoisotopic (exact) mass is 396 g/mol. The Morgan fingerprint density at radius 3 is 2.81 bits per heavy atom. The van der Waals surface area contributed by atoms with Gasteiger partial charge in [-0.1, -0.05) is 11.6 Å². The topological polar surface area (TPSA) is 86.0 Å². The number of fused-ring (bicyclic) bond motifs is 1. The Morgan fingerprint density at radius 2 is 2.15 bits per heavy atom. The average Bonchev–Trinajstić information content (AvgIpc) is 3.29. The van der Waals surface area contributed by atoms with E-state index in [4.69, 9.17) is 11.6 Å². The number of hydrogen-bond donors (Lipinski definition) is 2. The molecule has 1 spiro atoms. The van der Waals surface area contributed by atoms with Crippen molar-refractivity contribution in [3.63, 3.8) is 0 Å². The molecule has 2 aromatic heterocycles. The van der Waals surface area contributed by atoms with Crippen molar-refractivity contribution in [2.24, 2.45) is 5.41 Å². The van der Waals surface area contributed by atoms with E-state index in [9.17, 15) is 8.76 Å². The SMILES string of the molecule is Cc1cc(Cl)n2ncnc(N3CC4(CC(N(NC5CC5)S(=O)O)C4)C3)c12. The van der Waals surface area contributed by atoms with Crippen molar-refractivity contribution < 1.29 is 8.76 Å². The van der Waals surface area contributed by atoms with Gasteiger partial charge in [0.1, 0.15) is 17.0 Å². The molecule has 0 radical (unpaired) electrons. The summed E-state index contributed by atoms with van der Waals surface area (Å²) in [4.78, 5) is 6.74.